The Bertz CT molecular complexity index is 1090. The van der Waals surface area contributed by atoms with Crippen molar-refractivity contribution in [2.24, 2.45) is 7.05 Å². The second-order valence-electron chi connectivity index (χ2n) is 6.89. The molecule has 2 aromatic heterocycles. The summed E-state index contributed by atoms with van der Waals surface area (Å²) in [5.41, 5.74) is 1.13. The normalized spacial score (nSPS) is 14.6. The monoisotopic (exact) mass is 384 g/mol. The van der Waals surface area contributed by atoms with E-state index >= 15 is 0 Å². The molecule has 0 bridgehead atoms. The van der Waals surface area contributed by atoms with Crippen LogP contribution in [0.3, 0.4) is 0 Å². The van der Waals surface area contributed by atoms with Crippen LogP contribution in [0.5, 0.6) is 5.75 Å². The van der Waals surface area contributed by atoms with E-state index in [9.17, 15) is 9.59 Å². The third kappa shape index (κ3) is 3.29. The highest BCUT2D eigenvalue weighted by Crippen LogP contribution is 2.21. The fraction of sp³-hybridized carbons (Fsp3) is 0.421. The van der Waals surface area contributed by atoms with Crippen LogP contribution in [-0.4, -0.2) is 52.4 Å². The van der Waals surface area contributed by atoms with E-state index in [0.717, 1.165) is 49.9 Å². The zero-order chi connectivity index (χ0) is 19.7. The van der Waals surface area contributed by atoms with E-state index in [4.69, 9.17) is 4.74 Å². The number of aromatic nitrogens is 4. The fourth-order valence-corrected chi connectivity index (χ4v) is 3.57. The number of nitrogens with one attached hydrogen (secondary N) is 2. The van der Waals surface area contributed by atoms with Crippen LogP contribution >= 0.6 is 0 Å². The van der Waals surface area contributed by atoms with E-state index in [0.29, 0.717) is 17.7 Å². The highest BCUT2D eigenvalue weighted by atomic mass is 16.5. The van der Waals surface area contributed by atoms with Gasteiger partial charge in [0, 0.05) is 39.8 Å². The largest absolute Gasteiger partial charge is 0.497 e. The number of hydrogen-bond donors (Lipinski definition) is 2. The van der Waals surface area contributed by atoms with Gasteiger partial charge in [-0.3, -0.25) is 14.3 Å². The zero-order valence-electron chi connectivity index (χ0n) is 16.1. The van der Waals surface area contributed by atoms with Gasteiger partial charge < -0.3 is 19.5 Å². The van der Waals surface area contributed by atoms with Crippen LogP contribution < -0.4 is 26.2 Å². The van der Waals surface area contributed by atoms with E-state index < -0.39 is 11.2 Å². The lowest BCUT2D eigenvalue weighted by Crippen LogP contribution is -2.44. The van der Waals surface area contributed by atoms with Crippen molar-refractivity contribution in [3.63, 3.8) is 0 Å². The van der Waals surface area contributed by atoms with Gasteiger partial charge in [0.25, 0.3) is 5.56 Å². The second kappa shape index (κ2) is 7.51. The summed E-state index contributed by atoms with van der Waals surface area (Å²) in [6, 6.07) is 7.88. The van der Waals surface area contributed by atoms with Crippen LogP contribution in [0, 0.1) is 0 Å². The molecule has 3 heterocycles. The van der Waals surface area contributed by atoms with Crippen molar-refractivity contribution in [1.82, 2.24) is 24.4 Å². The second-order valence-corrected chi connectivity index (χ2v) is 6.89. The number of benzene rings is 1. The van der Waals surface area contributed by atoms with Gasteiger partial charge >= 0.3 is 5.69 Å². The molecule has 0 atom stereocenters. The van der Waals surface area contributed by atoms with Crippen molar-refractivity contribution in [3.05, 3.63) is 50.7 Å². The Balaban J connectivity index is 1.76. The number of rotatable bonds is 5. The van der Waals surface area contributed by atoms with E-state index in [1.54, 1.807) is 14.2 Å². The van der Waals surface area contributed by atoms with Gasteiger partial charge in [-0.2, -0.15) is 4.98 Å². The van der Waals surface area contributed by atoms with Crippen LogP contribution in [0.1, 0.15) is 5.56 Å². The van der Waals surface area contributed by atoms with Gasteiger partial charge in [0.15, 0.2) is 11.2 Å². The van der Waals surface area contributed by atoms with Crippen molar-refractivity contribution in [2.45, 2.75) is 13.0 Å². The van der Waals surface area contributed by atoms with Gasteiger partial charge in [-0.15, -0.1) is 0 Å². The predicted molar refractivity (Wildman–Crippen MR) is 107 cm³/mol. The SMILES string of the molecule is COc1ccc(CCn2c(N3CCNCC3)nc3c2c(=O)[nH]c(=O)n3C)cc1. The number of aromatic amines is 1. The lowest BCUT2D eigenvalue weighted by molar-refractivity contribution is 0.414. The molecule has 0 spiro atoms. The van der Waals surface area contributed by atoms with Crippen LogP contribution in [0.15, 0.2) is 33.9 Å². The highest BCUT2D eigenvalue weighted by Gasteiger charge is 2.22. The molecule has 1 fully saturated rings. The number of ether oxygens (including phenoxy) is 1. The lowest BCUT2D eigenvalue weighted by Gasteiger charge is -2.28. The van der Waals surface area contributed by atoms with Crippen LogP contribution in [0.25, 0.3) is 11.2 Å². The van der Waals surface area contributed by atoms with Gasteiger partial charge in [-0.05, 0) is 24.1 Å². The minimum atomic E-state index is -0.454. The smallest absolute Gasteiger partial charge is 0.329 e. The molecule has 0 aliphatic carbocycles. The van der Waals surface area contributed by atoms with Gasteiger partial charge in [0.1, 0.15) is 5.75 Å². The molecule has 3 aromatic rings. The molecule has 9 nitrogen and oxygen atoms in total. The maximum atomic E-state index is 12.6. The maximum Gasteiger partial charge on any atom is 0.329 e. The molecule has 9 heteroatoms. The number of anilines is 1. The summed E-state index contributed by atoms with van der Waals surface area (Å²) in [6.07, 6.45) is 0.733. The van der Waals surface area contributed by atoms with Gasteiger partial charge in [-0.1, -0.05) is 12.1 Å². The van der Waals surface area contributed by atoms with Crippen LogP contribution in [0.2, 0.25) is 0 Å². The van der Waals surface area contributed by atoms with Crippen molar-refractivity contribution in [2.75, 3.05) is 38.2 Å². The third-order valence-electron chi connectivity index (χ3n) is 5.17. The molecule has 4 rings (SSSR count). The molecule has 148 valence electrons. The van der Waals surface area contributed by atoms with E-state index in [1.807, 2.05) is 28.8 Å². The summed E-state index contributed by atoms with van der Waals surface area (Å²) in [5, 5.41) is 3.32. The Labute approximate surface area is 161 Å². The first kappa shape index (κ1) is 18.3. The number of hydrogen-bond acceptors (Lipinski definition) is 6. The molecule has 28 heavy (non-hydrogen) atoms. The summed E-state index contributed by atoms with van der Waals surface area (Å²) in [4.78, 5) is 33.8. The molecule has 1 aromatic carbocycles. The molecule has 1 aliphatic rings. The third-order valence-corrected chi connectivity index (χ3v) is 5.17. The zero-order valence-corrected chi connectivity index (χ0v) is 16.1. The van der Waals surface area contributed by atoms with Gasteiger partial charge in [-0.25, -0.2) is 4.79 Å². The van der Waals surface area contributed by atoms with E-state index in [1.165, 1.54) is 4.57 Å². The van der Waals surface area contributed by atoms with Crippen LogP contribution in [-0.2, 0) is 20.0 Å². The van der Waals surface area contributed by atoms with Crippen molar-refractivity contribution < 1.29 is 4.74 Å². The van der Waals surface area contributed by atoms with Gasteiger partial charge in [0.2, 0.25) is 5.95 Å². The lowest BCUT2D eigenvalue weighted by atomic mass is 10.1. The average Bonchev–Trinajstić information content (AvgIpc) is 3.12. The highest BCUT2D eigenvalue weighted by molar-refractivity contribution is 5.74. The molecular weight excluding hydrogens is 360 g/mol. The number of aryl methyl sites for hydroxylation is 3. The number of H-pyrrole nitrogens is 1. The summed E-state index contributed by atoms with van der Waals surface area (Å²) in [5.74, 6) is 1.54. The molecule has 0 saturated carbocycles. The van der Waals surface area contributed by atoms with Gasteiger partial charge in [0.05, 0.1) is 7.11 Å². The van der Waals surface area contributed by atoms with Crippen molar-refractivity contribution in [1.29, 1.82) is 0 Å². The summed E-state index contributed by atoms with van der Waals surface area (Å²) in [6.45, 7) is 3.91. The topological polar surface area (TPSA) is 97.2 Å². The summed E-state index contributed by atoms with van der Waals surface area (Å²) >= 11 is 0. The van der Waals surface area contributed by atoms with Crippen LogP contribution in [0.4, 0.5) is 5.95 Å². The molecule has 0 amide bonds. The first-order valence-corrected chi connectivity index (χ1v) is 9.36. The standard InChI is InChI=1S/C19H24N6O3/c1-23-16-15(17(26)22-19(23)27)25(18(21-16)24-11-8-20-9-12-24)10-7-13-3-5-14(28-2)6-4-13/h3-6,20H,7-12H2,1-2H3,(H,22,26,27). The number of imidazole rings is 1. The minimum Gasteiger partial charge on any atom is -0.497 e. The predicted octanol–water partition coefficient (Wildman–Crippen LogP) is 0.0842. The molecule has 0 radical (unpaired) electrons. The first-order chi connectivity index (χ1) is 13.6. The summed E-state index contributed by atoms with van der Waals surface area (Å²) in [7, 11) is 3.27. The Morgan fingerprint density at radius 1 is 1.14 bits per heavy atom. The first-order valence-electron chi connectivity index (χ1n) is 9.36. The molecule has 2 N–H and O–H groups in total. The van der Waals surface area contributed by atoms with E-state index in [-0.39, 0.29) is 0 Å². The quantitative estimate of drug-likeness (QED) is 0.647. The molecule has 0 unspecified atom stereocenters. The van der Waals surface area contributed by atoms with Crippen molar-refractivity contribution in [3.8, 4) is 5.75 Å². The average molecular weight is 384 g/mol. The molecular formula is C19H24N6O3. The van der Waals surface area contributed by atoms with Crippen molar-refractivity contribution >= 4 is 17.1 Å². The number of fused-ring (bicyclic) bond motifs is 1. The number of piperazine rings is 1. The Morgan fingerprint density at radius 3 is 2.54 bits per heavy atom. The van der Waals surface area contributed by atoms with E-state index in [2.05, 4.69) is 20.2 Å². The Hall–Kier alpha value is -3.07. The molecule has 1 aliphatic heterocycles. The number of nitrogens with zero attached hydrogens (tertiary/aromatic N) is 4. The summed E-state index contributed by atoms with van der Waals surface area (Å²) < 4.78 is 8.54. The Morgan fingerprint density at radius 2 is 1.86 bits per heavy atom. The molecule has 1 saturated heterocycles. The maximum absolute atomic E-state index is 12.6. The number of methoxy groups -OCH3 is 1. The fourth-order valence-electron chi connectivity index (χ4n) is 3.57. The Kier molecular flexibility index (Phi) is 4.91. The minimum absolute atomic E-state index is 0.401.